The molecule has 9 nitrogen and oxygen atoms in total. The molecule has 0 aliphatic carbocycles. The van der Waals surface area contributed by atoms with Crippen molar-refractivity contribution in [2.24, 2.45) is 0 Å². The molecule has 3 N–H and O–H groups in total. The number of aromatic nitrogens is 2. The van der Waals surface area contributed by atoms with Gasteiger partial charge in [-0.1, -0.05) is 12.1 Å². The molecule has 3 rings (SSSR count). The van der Waals surface area contributed by atoms with Gasteiger partial charge in [0, 0.05) is 43.5 Å². The Bertz CT molecular complexity index is 1210. The summed E-state index contributed by atoms with van der Waals surface area (Å²) in [4.78, 5) is 44.7. The van der Waals surface area contributed by atoms with E-state index in [0.29, 0.717) is 12.4 Å². The van der Waals surface area contributed by atoms with E-state index in [9.17, 15) is 14.4 Å². The second kappa shape index (κ2) is 11.4. The number of hydrogen-bond acceptors (Lipinski definition) is 6. The summed E-state index contributed by atoms with van der Waals surface area (Å²) in [6.45, 7) is 7.97. The Morgan fingerprint density at radius 2 is 1.71 bits per heavy atom. The van der Waals surface area contributed by atoms with E-state index in [4.69, 9.17) is 4.74 Å². The molecule has 0 atom stereocenters. The zero-order chi connectivity index (χ0) is 25.4. The van der Waals surface area contributed by atoms with Crippen molar-refractivity contribution in [3.63, 3.8) is 0 Å². The zero-order valence-electron chi connectivity index (χ0n) is 20.5. The topological polar surface area (TPSA) is 122 Å². The third-order valence-corrected chi connectivity index (χ3v) is 5.01. The number of benzene rings is 1. The quantitative estimate of drug-likeness (QED) is 0.419. The van der Waals surface area contributed by atoms with Crippen molar-refractivity contribution < 1.29 is 19.1 Å². The van der Waals surface area contributed by atoms with Crippen LogP contribution in [0.2, 0.25) is 0 Å². The average molecular weight is 478 g/mol. The summed E-state index contributed by atoms with van der Waals surface area (Å²) in [5.41, 5.74) is 2.19. The number of ether oxygens (including phenoxy) is 1. The summed E-state index contributed by atoms with van der Waals surface area (Å²) in [5, 5.41) is 10.0. The molecule has 3 aromatic rings. The number of nitrogens with zero attached hydrogens (tertiary/aromatic N) is 2. The summed E-state index contributed by atoms with van der Waals surface area (Å²) >= 11 is 0. The van der Waals surface area contributed by atoms with E-state index < -0.39 is 11.6 Å². The number of carbonyl (C=O) groups is 3. The molecule has 184 valence electrons. The van der Waals surface area contributed by atoms with Crippen LogP contribution in [0, 0.1) is 0 Å². The maximum atomic E-state index is 12.4. The van der Waals surface area contributed by atoms with Crippen molar-refractivity contribution in [1.82, 2.24) is 20.6 Å². The molecular weight excluding hydrogens is 446 g/mol. The van der Waals surface area contributed by atoms with E-state index in [1.54, 1.807) is 39.4 Å². The minimum Gasteiger partial charge on any atom is -0.460 e. The van der Waals surface area contributed by atoms with Gasteiger partial charge in [0.15, 0.2) is 0 Å². The molecule has 2 aromatic heterocycles. The number of anilines is 1. The molecule has 0 bridgehead atoms. The Hall–Kier alpha value is -4.01. The normalized spacial score (nSPS) is 11.1. The summed E-state index contributed by atoms with van der Waals surface area (Å²) < 4.78 is 5.25. The van der Waals surface area contributed by atoms with Gasteiger partial charge in [0.05, 0.1) is 6.42 Å². The van der Waals surface area contributed by atoms with Gasteiger partial charge in [-0.15, -0.1) is 0 Å². The first-order chi connectivity index (χ1) is 16.7. The number of amides is 3. The molecule has 35 heavy (non-hydrogen) atoms. The third-order valence-electron chi connectivity index (χ3n) is 5.01. The van der Waals surface area contributed by atoms with Crippen LogP contribution < -0.4 is 16.0 Å². The van der Waals surface area contributed by atoms with E-state index in [2.05, 4.69) is 25.9 Å². The lowest BCUT2D eigenvalue weighted by Gasteiger charge is -2.19. The molecule has 0 saturated heterocycles. The van der Waals surface area contributed by atoms with Crippen LogP contribution in [0.15, 0.2) is 48.9 Å². The Kier molecular flexibility index (Phi) is 8.35. The lowest BCUT2D eigenvalue weighted by atomic mass is 9.96. The van der Waals surface area contributed by atoms with E-state index in [1.165, 1.54) is 0 Å². The van der Waals surface area contributed by atoms with Crippen molar-refractivity contribution in [2.75, 3.05) is 11.9 Å². The molecular formula is C26H31N5O4. The maximum absolute atomic E-state index is 12.4. The fourth-order valence-corrected chi connectivity index (χ4v) is 3.51. The van der Waals surface area contributed by atoms with E-state index in [0.717, 1.165) is 27.5 Å². The molecule has 0 spiro atoms. The van der Waals surface area contributed by atoms with Crippen LogP contribution in [-0.2, 0) is 20.9 Å². The molecule has 3 amide bonds. The fraction of sp³-hybridized carbons (Fsp3) is 0.346. The first-order valence-corrected chi connectivity index (χ1v) is 11.5. The highest BCUT2D eigenvalue weighted by Crippen LogP contribution is 2.31. The van der Waals surface area contributed by atoms with Gasteiger partial charge in [-0.3, -0.25) is 19.9 Å². The van der Waals surface area contributed by atoms with Gasteiger partial charge in [0.25, 0.3) is 0 Å². The van der Waals surface area contributed by atoms with Crippen LogP contribution >= 0.6 is 0 Å². The lowest BCUT2D eigenvalue weighted by Crippen LogP contribution is -2.28. The molecule has 9 heteroatoms. The van der Waals surface area contributed by atoms with Gasteiger partial charge in [-0.25, -0.2) is 9.78 Å². The van der Waals surface area contributed by atoms with E-state index in [-0.39, 0.29) is 31.3 Å². The zero-order valence-corrected chi connectivity index (χ0v) is 20.5. The predicted octanol–water partition coefficient (Wildman–Crippen LogP) is 4.18. The standard InChI is InChI=1S/C26H31N5O4/c1-5-28-25(34)31-22-14-20-19(17-10-12-27-13-11-17)7-6-18(21(20)16-29-22)15-30-23(32)8-9-24(33)35-26(2,3)4/h6-7,10-14,16H,5,8-9,15H2,1-4H3,(H,30,32)(H2,28,29,31,34). The largest absolute Gasteiger partial charge is 0.460 e. The summed E-state index contributed by atoms with van der Waals surface area (Å²) in [5.74, 6) is -0.238. The molecule has 0 aliphatic heterocycles. The van der Waals surface area contributed by atoms with Crippen molar-refractivity contribution in [2.45, 2.75) is 52.7 Å². The highest BCUT2D eigenvalue weighted by Gasteiger charge is 2.17. The molecule has 0 saturated carbocycles. The van der Waals surface area contributed by atoms with Gasteiger partial charge in [-0.2, -0.15) is 0 Å². The number of esters is 1. The van der Waals surface area contributed by atoms with Gasteiger partial charge in [-0.05, 0) is 68.0 Å². The molecule has 1 aromatic carbocycles. The van der Waals surface area contributed by atoms with Crippen molar-refractivity contribution in [3.05, 3.63) is 54.5 Å². The molecule has 2 heterocycles. The monoisotopic (exact) mass is 477 g/mol. The van der Waals surface area contributed by atoms with Crippen LogP contribution in [0.3, 0.4) is 0 Å². The van der Waals surface area contributed by atoms with Gasteiger partial charge >= 0.3 is 12.0 Å². The number of pyridine rings is 2. The second-order valence-corrected chi connectivity index (χ2v) is 8.97. The van der Waals surface area contributed by atoms with Crippen LogP contribution in [0.5, 0.6) is 0 Å². The van der Waals surface area contributed by atoms with E-state index in [1.807, 2.05) is 37.3 Å². The summed E-state index contributed by atoms with van der Waals surface area (Å²) in [6.07, 6.45) is 5.18. The SMILES string of the molecule is CCNC(=O)Nc1cc2c(-c3ccncc3)ccc(CNC(=O)CCC(=O)OC(C)(C)C)c2cn1. The smallest absolute Gasteiger partial charge is 0.320 e. The number of urea groups is 1. The average Bonchev–Trinajstić information content (AvgIpc) is 2.80. The maximum Gasteiger partial charge on any atom is 0.320 e. The number of rotatable bonds is 8. The minimum atomic E-state index is -0.582. The van der Waals surface area contributed by atoms with Crippen molar-refractivity contribution >= 4 is 34.5 Å². The van der Waals surface area contributed by atoms with E-state index >= 15 is 0 Å². The molecule has 0 radical (unpaired) electrons. The van der Waals surface area contributed by atoms with Crippen molar-refractivity contribution in [1.29, 1.82) is 0 Å². The Labute approximate surface area is 204 Å². The van der Waals surface area contributed by atoms with Gasteiger partial charge in [0.2, 0.25) is 5.91 Å². The van der Waals surface area contributed by atoms with Crippen LogP contribution in [-0.4, -0.2) is 40.0 Å². The Morgan fingerprint density at radius 1 is 0.971 bits per heavy atom. The summed E-state index contributed by atoms with van der Waals surface area (Å²) in [7, 11) is 0. The second-order valence-electron chi connectivity index (χ2n) is 8.97. The fourth-order valence-electron chi connectivity index (χ4n) is 3.51. The number of nitrogens with one attached hydrogen (secondary N) is 3. The van der Waals surface area contributed by atoms with Crippen LogP contribution in [0.1, 0.15) is 46.1 Å². The lowest BCUT2D eigenvalue weighted by molar-refractivity contribution is -0.155. The molecule has 0 unspecified atom stereocenters. The first kappa shape index (κ1) is 25.6. The van der Waals surface area contributed by atoms with Gasteiger partial charge in [0.1, 0.15) is 11.4 Å². The highest BCUT2D eigenvalue weighted by molar-refractivity contribution is 6.01. The number of fused-ring (bicyclic) bond motifs is 1. The molecule has 0 fully saturated rings. The van der Waals surface area contributed by atoms with Gasteiger partial charge < -0.3 is 15.4 Å². The Morgan fingerprint density at radius 3 is 2.40 bits per heavy atom. The molecule has 0 aliphatic rings. The van der Waals surface area contributed by atoms with Crippen LogP contribution in [0.25, 0.3) is 21.9 Å². The minimum absolute atomic E-state index is 0.0151. The Balaban J connectivity index is 1.81. The number of carbonyl (C=O) groups excluding carboxylic acids is 3. The predicted molar refractivity (Wildman–Crippen MR) is 135 cm³/mol. The highest BCUT2D eigenvalue weighted by atomic mass is 16.6. The third kappa shape index (κ3) is 7.49. The summed E-state index contributed by atoms with van der Waals surface area (Å²) in [6, 6.07) is 9.20. The first-order valence-electron chi connectivity index (χ1n) is 11.5. The van der Waals surface area contributed by atoms with Crippen LogP contribution in [0.4, 0.5) is 10.6 Å². The number of hydrogen-bond donors (Lipinski definition) is 3. The van der Waals surface area contributed by atoms with Crippen molar-refractivity contribution in [3.8, 4) is 11.1 Å².